The zero-order valence-corrected chi connectivity index (χ0v) is 34.4. The summed E-state index contributed by atoms with van der Waals surface area (Å²) in [4.78, 5) is 37.0. The third-order valence-electron chi connectivity index (χ3n) is 12.4. The first-order valence-corrected chi connectivity index (χ1v) is 22.0. The van der Waals surface area contributed by atoms with E-state index in [0.29, 0.717) is 49.9 Å². The maximum absolute atomic E-state index is 13.9. The van der Waals surface area contributed by atoms with Crippen molar-refractivity contribution in [2.24, 2.45) is 17.3 Å². The van der Waals surface area contributed by atoms with Crippen LogP contribution in [0.15, 0.2) is 77.0 Å². The van der Waals surface area contributed by atoms with E-state index in [9.17, 15) is 27.7 Å². The fraction of sp³-hybridized carbons (Fsp3) is 0.488. The Balaban J connectivity index is 0.994. The van der Waals surface area contributed by atoms with E-state index >= 15 is 0 Å². The number of allylic oxidation sites excluding steroid dienone is 1. The second-order valence-electron chi connectivity index (χ2n) is 17.2. The van der Waals surface area contributed by atoms with E-state index in [1.54, 1.807) is 24.4 Å². The summed E-state index contributed by atoms with van der Waals surface area (Å²) in [6.07, 6.45) is 8.75. The van der Waals surface area contributed by atoms with Gasteiger partial charge in [-0.1, -0.05) is 25.0 Å². The Morgan fingerprint density at radius 1 is 1.08 bits per heavy atom. The van der Waals surface area contributed by atoms with Crippen molar-refractivity contribution < 1.29 is 32.0 Å². The number of fused-ring (bicyclic) bond motifs is 1. The minimum atomic E-state index is -4.55. The smallest absolute Gasteiger partial charge is 0.293 e. The number of carbonyl (C=O) groups excluding carboxylic acids is 1. The number of halogens is 1. The number of nitro benzene ring substituents is 1. The highest BCUT2D eigenvalue weighted by Gasteiger charge is 2.38. The number of anilines is 2. The Bertz CT molecular complexity index is 2350. The summed E-state index contributed by atoms with van der Waals surface area (Å²) < 4.78 is 55.0. The summed E-state index contributed by atoms with van der Waals surface area (Å²) >= 11 is 0. The molecule has 4 aliphatic rings. The maximum Gasteiger partial charge on any atom is 0.293 e. The van der Waals surface area contributed by atoms with Crippen LogP contribution in [0.4, 0.5) is 21.5 Å². The van der Waals surface area contributed by atoms with E-state index in [2.05, 4.69) is 43.7 Å². The molecule has 0 unspecified atom stereocenters. The molecule has 0 atom stereocenters. The van der Waals surface area contributed by atoms with Crippen LogP contribution in [-0.2, 0) is 14.8 Å². The van der Waals surface area contributed by atoms with E-state index in [1.165, 1.54) is 35.5 Å². The number of H-pyrrole nitrogens is 1. The summed E-state index contributed by atoms with van der Waals surface area (Å²) in [6, 6.07) is 12.2. The van der Waals surface area contributed by atoms with Crippen molar-refractivity contribution in [2.45, 2.75) is 69.9 Å². The van der Waals surface area contributed by atoms with Crippen molar-refractivity contribution in [3.63, 3.8) is 0 Å². The molecule has 8 rings (SSSR count). The van der Waals surface area contributed by atoms with Crippen LogP contribution >= 0.6 is 0 Å². The number of piperazine rings is 1. The molecule has 2 aromatic heterocycles. The van der Waals surface area contributed by atoms with Crippen molar-refractivity contribution in [3.8, 4) is 11.5 Å². The lowest BCUT2D eigenvalue weighted by molar-refractivity contribution is -0.384. The van der Waals surface area contributed by atoms with E-state index in [4.69, 9.17) is 9.47 Å². The first-order chi connectivity index (χ1) is 28.3. The third kappa shape index (κ3) is 9.39. The van der Waals surface area contributed by atoms with Gasteiger partial charge in [-0.15, -0.1) is 0 Å². The van der Waals surface area contributed by atoms with Crippen molar-refractivity contribution in [1.29, 1.82) is 0 Å². The molecule has 0 spiro atoms. The molecule has 2 aromatic carbocycles. The number of aromatic nitrogens is 2. The standard InChI is InChI=1S/C43H52FN7O7S/c1-43(2)11-7-30(37(24-43)31-19-32(44)20-31)27-49-13-15-50(16-14-49)33-3-5-36(40(22-33)58-34-21-29-8-12-45-41(29)47-26-34)42(52)48-59(55,56)35-4-6-38(39(23-35)51(53)54)46-25-28-9-17-57-18-10-28/h3-6,8,12,21-23,26,28,31-32,46H,7,9-11,13-20,24-25,27H2,1-2H3,(H,45,47)(H,48,52). The average Bonchev–Trinajstić information content (AvgIpc) is 3.68. The molecular formula is C43H52FN7O7S. The monoisotopic (exact) mass is 829 g/mol. The number of ether oxygens (including phenoxy) is 2. The van der Waals surface area contributed by atoms with Crippen LogP contribution in [0.25, 0.3) is 11.0 Å². The average molecular weight is 830 g/mol. The fourth-order valence-corrected chi connectivity index (χ4v) is 9.75. The van der Waals surface area contributed by atoms with Gasteiger partial charge < -0.3 is 24.7 Å². The molecule has 1 amide bonds. The second kappa shape index (κ2) is 16.9. The van der Waals surface area contributed by atoms with Gasteiger partial charge in [0.25, 0.3) is 21.6 Å². The number of carbonyl (C=O) groups is 1. The van der Waals surface area contributed by atoms with Crippen molar-refractivity contribution >= 4 is 44.0 Å². The van der Waals surface area contributed by atoms with Crippen LogP contribution in [0.3, 0.4) is 0 Å². The van der Waals surface area contributed by atoms with Gasteiger partial charge in [0.1, 0.15) is 29.0 Å². The predicted molar refractivity (Wildman–Crippen MR) is 223 cm³/mol. The zero-order valence-electron chi connectivity index (χ0n) is 33.5. The molecule has 4 aromatic rings. The Hall–Kier alpha value is -5.06. The Labute approximate surface area is 343 Å². The highest BCUT2D eigenvalue weighted by atomic mass is 32.2. The van der Waals surface area contributed by atoms with Crippen molar-refractivity contribution in [3.05, 3.63) is 87.7 Å². The number of nitrogens with one attached hydrogen (secondary N) is 3. The summed E-state index contributed by atoms with van der Waals surface area (Å²) in [7, 11) is -4.55. The van der Waals surface area contributed by atoms with Crippen LogP contribution in [0.5, 0.6) is 11.5 Å². The van der Waals surface area contributed by atoms with Crippen LogP contribution in [0.1, 0.15) is 69.2 Å². The summed E-state index contributed by atoms with van der Waals surface area (Å²) in [5, 5.41) is 15.9. The van der Waals surface area contributed by atoms with Crippen molar-refractivity contribution in [1.82, 2.24) is 19.6 Å². The predicted octanol–water partition coefficient (Wildman–Crippen LogP) is 7.60. The third-order valence-corrected chi connectivity index (χ3v) is 13.7. The number of sulfonamides is 1. The highest BCUT2D eigenvalue weighted by molar-refractivity contribution is 7.90. The lowest BCUT2D eigenvalue weighted by Crippen LogP contribution is -2.47. The highest BCUT2D eigenvalue weighted by Crippen LogP contribution is 2.48. The molecular weight excluding hydrogens is 778 g/mol. The first kappa shape index (κ1) is 40.7. The molecule has 4 heterocycles. The Morgan fingerprint density at radius 3 is 2.61 bits per heavy atom. The van der Waals surface area contributed by atoms with Gasteiger partial charge >= 0.3 is 0 Å². The topological polar surface area (TPSA) is 172 Å². The quantitative estimate of drug-likeness (QED) is 0.0689. The number of amides is 1. The molecule has 16 heteroatoms. The second-order valence-corrected chi connectivity index (χ2v) is 18.9. The van der Waals surface area contributed by atoms with E-state index < -0.39 is 37.6 Å². The van der Waals surface area contributed by atoms with E-state index in [0.717, 1.165) is 82.0 Å². The molecule has 0 bridgehead atoms. The number of nitro groups is 1. The van der Waals surface area contributed by atoms with Crippen LogP contribution in [0.2, 0.25) is 0 Å². The van der Waals surface area contributed by atoms with Gasteiger partial charge in [-0.25, -0.2) is 22.5 Å². The van der Waals surface area contributed by atoms with Gasteiger partial charge in [0, 0.05) is 81.9 Å². The number of hydrogen-bond donors (Lipinski definition) is 3. The first-order valence-electron chi connectivity index (χ1n) is 20.5. The molecule has 3 N–H and O–H groups in total. The van der Waals surface area contributed by atoms with Crippen LogP contribution < -0.4 is 19.7 Å². The molecule has 14 nitrogen and oxygen atoms in total. The summed E-state index contributed by atoms with van der Waals surface area (Å²) in [5.41, 5.74) is 4.40. The fourth-order valence-electron chi connectivity index (χ4n) is 8.76. The number of rotatable bonds is 13. The summed E-state index contributed by atoms with van der Waals surface area (Å²) in [6.45, 7) is 10.3. The molecule has 0 radical (unpaired) electrons. The SMILES string of the molecule is CC1(C)CCC(CN2CCN(c3ccc(C(=O)NS(=O)(=O)c4ccc(NCC5CCOCC5)c([N+](=O)[O-])c4)c(Oc4cnc5[nH]ccc5c4)c3)CC2)=C(C2CC(F)C2)C1. The normalized spacial score (nSPS) is 21.6. The van der Waals surface area contributed by atoms with E-state index in [-0.39, 0.29) is 28.3 Å². The van der Waals surface area contributed by atoms with E-state index in [1.807, 2.05) is 6.07 Å². The lowest BCUT2D eigenvalue weighted by Gasteiger charge is -2.43. The van der Waals surface area contributed by atoms with Gasteiger partial charge in [0.2, 0.25) is 0 Å². The lowest BCUT2D eigenvalue weighted by atomic mass is 9.66. The van der Waals surface area contributed by atoms with Gasteiger partial charge in [0.15, 0.2) is 0 Å². The number of hydrogen-bond acceptors (Lipinski definition) is 11. The van der Waals surface area contributed by atoms with Gasteiger partial charge in [0.05, 0.1) is 21.6 Å². The van der Waals surface area contributed by atoms with Crippen molar-refractivity contribution in [2.75, 3.05) is 62.7 Å². The molecule has 3 fully saturated rings. The number of alkyl halides is 1. The molecule has 1 saturated carbocycles. The number of benzene rings is 2. The minimum Gasteiger partial charge on any atom is -0.455 e. The number of pyridine rings is 1. The molecule has 314 valence electrons. The number of aromatic amines is 1. The largest absolute Gasteiger partial charge is 0.455 e. The zero-order chi connectivity index (χ0) is 41.3. The molecule has 2 saturated heterocycles. The molecule has 2 aliphatic heterocycles. The van der Waals surface area contributed by atoms with Gasteiger partial charge in [-0.05, 0) is 98.6 Å². The maximum atomic E-state index is 13.9. The summed E-state index contributed by atoms with van der Waals surface area (Å²) in [5.74, 6) is 0.156. The minimum absolute atomic E-state index is 0.0411. The Kier molecular flexibility index (Phi) is 11.7. The number of nitrogens with zero attached hydrogens (tertiary/aromatic N) is 4. The Morgan fingerprint density at radius 2 is 1.86 bits per heavy atom. The van der Waals surface area contributed by atoms with Crippen LogP contribution in [0, 0.1) is 27.4 Å². The van der Waals surface area contributed by atoms with Gasteiger partial charge in [-0.3, -0.25) is 19.8 Å². The molecule has 2 aliphatic carbocycles. The molecule has 59 heavy (non-hydrogen) atoms. The van der Waals surface area contributed by atoms with Crippen LogP contribution in [-0.4, -0.2) is 92.8 Å². The van der Waals surface area contributed by atoms with Gasteiger partial charge in [-0.2, -0.15) is 0 Å².